The lowest BCUT2D eigenvalue weighted by Crippen LogP contribution is -2.28. The molecule has 2 aromatic rings. The van der Waals surface area contributed by atoms with E-state index in [1.165, 1.54) is 0 Å². The lowest BCUT2D eigenvalue weighted by molar-refractivity contribution is -0.118. The normalized spacial score (nSPS) is 18.6. The van der Waals surface area contributed by atoms with Crippen LogP contribution in [0.4, 0.5) is 0 Å². The Balaban J connectivity index is 2.03. The predicted octanol–water partition coefficient (Wildman–Crippen LogP) is 5.68. The van der Waals surface area contributed by atoms with Gasteiger partial charge in [-0.05, 0) is 16.5 Å². The van der Waals surface area contributed by atoms with Crippen LogP contribution in [0.1, 0.15) is 43.7 Å². The summed E-state index contributed by atoms with van der Waals surface area (Å²) in [6.45, 7) is 4.05. The Kier molecular flexibility index (Phi) is 4.89. The first-order valence-corrected chi connectivity index (χ1v) is 8.70. The minimum Gasteiger partial charge on any atom is -0.512 e. The van der Waals surface area contributed by atoms with E-state index in [1.54, 1.807) is 0 Å². The van der Waals surface area contributed by atoms with Crippen molar-refractivity contribution < 1.29 is 9.90 Å². The number of carbonyl (C=O) groups excluding carboxylic acids is 1. The van der Waals surface area contributed by atoms with Crippen LogP contribution in [-0.2, 0) is 4.79 Å². The van der Waals surface area contributed by atoms with Crippen LogP contribution in [0.15, 0.2) is 78.1 Å². The first-order valence-electron chi connectivity index (χ1n) is 8.70. The first kappa shape index (κ1) is 17.2. The van der Waals surface area contributed by atoms with Crippen LogP contribution in [0.25, 0.3) is 6.08 Å². The predicted molar refractivity (Wildman–Crippen MR) is 102 cm³/mol. The van der Waals surface area contributed by atoms with E-state index in [0.717, 1.165) is 11.1 Å². The Hall–Kier alpha value is -2.61. The molecule has 1 atom stereocenters. The van der Waals surface area contributed by atoms with Crippen molar-refractivity contribution in [2.75, 3.05) is 0 Å². The highest BCUT2D eigenvalue weighted by Crippen LogP contribution is 2.41. The van der Waals surface area contributed by atoms with Gasteiger partial charge in [0.1, 0.15) is 5.76 Å². The Labute approximate surface area is 149 Å². The van der Waals surface area contributed by atoms with Gasteiger partial charge in [-0.1, -0.05) is 86.7 Å². The van der Waals surface area contributed by atoms with Crippen LogP contribution < -0.4 is 0 Å². The lowest BCUT2D eigenvalue weighted by atomic mass is 9.72. The lowest BCUT2D eigenvalue weighted by Gasteiger charge is -2.32. The third-order valence-electron chi connectivity index (χ3n) is 4.65. The smallest absolute Gasteiger partial charge is 0.163 e. The summed E-state index contributed by atoms with van der Waals surface area (Å²) in [5.74, 6) is 0.0399. The van der Waals surface area contributed by atoms with E-state index >= 15 is 0 Å². The maximum Gasteiger partial charge on any atom is 0.163 e. The molecular weight excluding hydrogens is 308 g/mol. The topological polar surface area (TPSA) is 37.3 Å². The summed E-state index contributed by atoms with van der Waals surface area (Å²) in [6, 6.07) is 19.9. The van der Waals surface area contributed by atoms with Crippen LogP contribution in [0.5, 0.6) is 0 Å². The summed E-state index contributed by atoms with van der Waals surface area (Å²) >= 11 is 0. The summed E-state index contributed by atoms with van der Waals surface area (Å²) < 4.78 is 0. The Morgan fingerprint density at radius 1 is 0.960 bits per heavy atom. The average molecular weight is 332 g/mol. The average Bonchev–Trinajstić information content (AvgIpc) is 2.58. The molecule has 2 nitrogen and oxygen atoms in total. The second-order valence-electron chi connectivity index (χ2n) is 7.46. The number of benzene rings is 2. The van der Waals surface area contributed by atoms with Crippen LogP contribution >= 0.6 is 0 Å². The number of ketones is 1. The SMILES string of the molecule is CC1(C)CC(=O)C(C(/C=C/c2ccccc2)c2ccccc2)=C(O)C1. The van der Waals surface area contributed by atoms with Crippen molar-refractivity contribution in [3.63, 3.8) is 0 Å². The van der Waals surface area contributed by atoms with Gasteiger partial charge in [0.05, 0.1) is 0 Å². The van der Waals surface area contributed by atoms with Gasteiger partial charge in [-0.25, -0.2) is 0 Å². The van der Waals surface area contributed by atoms with Gasteiger partial charge >= 0.3 is 0 Å². The number of rotatable bonds is 4. The van der Waals surface area contributed by atoms with Gasteiger partial charge in [0.25, 0.3) is 0 Å². The van der Waals surface area contributed by atoms with Crippen LogP contribution in [-0.4, -0.2) is 10.9 Å². The zero-order valence-electron chi connectivity index (χ0n) is 14.8. The summed E-state index contributed by atoms with van der Waals surface area (Å²) in [5, 5.41) is 10.6. The highest BCUT2D eigenvalue weighted by molar-refractivity contribution is 5.99. The highest BCUT2D eigenvalue weighted by Gasteiger charge is 2.36. The molecule has 1 unspecified atom stereocenters. The number of hydrogen-bond donors (Lipinski definition) is 1. The summed E-state index contributed by atoms with van der Waals surface area (Å²) in [5.41, 5.74) is 2.45. The van der Waals surface area contributed by atoms with Crippen molar-refractivity contribution >= 4 is 11.9 Å². The number of allylic oxidation sites excluding steroid dienone is 3. The van der Waals surface area contributed by atoms with Gasteiger partial charge in [0.15, 0.2) is 5.78 Å². The summed E-state index contributed by atoms with van der Waals surface area (Å²) in [6.07, 6.45) is 5.04. The van der Waals surface area contributed by atoms with Crippen molar-refractivity contribution in [1.82, 2.24) is 0 Å². The second kappa shape index (κ2) is 7.10. The molecule has 0 aromatic heterocycles. The molecule has 1 aliphatic rings. The Bertz CT molecular complexity index is 799. The number of carbonyl (C=O) groups is 1. The molecule has 1 aliphatic carbocycles. The molecule has 0 amide bonds. The summed E-state index contributed by atoms with van der Waals surface area (Å²) in [4.78, 5) is 12.8. The minimum atomic E-state index is -0.231. The number of aliphatic hydroxyl groups excluding tert-OH is 1. The van der Waals surface area contributed by atoms with Gasteiger partial charge in [-0.15, -0.1) is 0 Å². The van der Waals surface area contributed by atoms with Crippen LogP contribution in [0.2, 0.25) is 0 Å². The fourth-order valence-electron chi connectivity index (χ4n) is 3.46. The molecule has 0 bridgehead atoms. The maximum absolute atomic E-state index is 12.8. The van der Waals surface area contributed by atoms with E-state index in [1.807, 2.05) is 86.7 Å². The molecule has 0 heterocycles. The highest BCUT2D eigenvalue weighted by atomic mass is 16.3. The molecule has 2 aromatic carbocycles. The van der Waals surface area contributed by atoms with Crippen molar-refractivity contribution in [3.05, 3.63) is 89.2 Å². The molecule has 0 spiro atoms. The fraction of sp³-hybridized carbons (Fsp3) is 0.261. The number of aliphatic hydroxyl groups is 1. The van der Waals surface area contributed by atoms with E-state index in [4.69, 9.17) is 0 Å². The van der Waals surface area contributed by atoms with E-state index in [9.17, 15) is 9.90 Å². The molecule has 0 saturated heterocycles. The molecular formula is C23H24O2. The van der Waals surface area contributed by atoms with Crippen molar-refractivity contribution in [2.45, 2.75) is 32.6 Å². The van der Waals surface area contributed by atoms with E-state index in [2.05, 4.69) is 0 Å². The molecule has 1 N–H and O–H groups in total. The monoisotopic (exact) mass is 332 g/mol. The van der Waals surface area contributed by atoms with E-state index < -0.39 is 0 Å². The third kappa shape index (κ3) is 4.08. The summed E-state index contributed by atoms with van der Waals surface area (Å²) in [7, 11) is 0. The van der Waals surface area contributed by atoms with Gasteiger partial charge in [0.2, 0.25) is 0 Å². The molecule has 3 rings (SSSR count). The van der Waals surface area contributed by atoms with Crippen LogP contribution in [0, 0.1) is 5.41 Å². The quantitative estimate of drug-likeness (QED) is 0.781. The van der Waals surface area contributed by atoms with Crippen molar-refractivity contribution in [2.24, 2.45) is 5.41 Å². The Morgan fingerprint density at radius 3 is 2.16 bits per heavy atom. The molecule has 128 valence electrons. The Morgan fingerprint density at radius 2 is 1.56 bits per heavy atom. The van der Waals surface area contributed by atoms with E-state index in [0.29, 0.717) is 18.4 Å². The zero-order chi connectivity index (χ0) is 17.9. The molecule has 25 heavy (non-hydrogen) atoms. The standard InChI is InChI=1S/C23H24O2/c1-23(2)15-20(24)22(21(25)16-23)19(18-11-7-4-8-12-18)14-13-17-9-5-3-6-10-17/h3-14,19,24H,15-16H2,1-2H3/b14-13+. The van der Waals surface area contributed by atoms with Crippen molar-refractivity contribution in [1.29, 1.82) is 0 Å². The van der Waals surface area contributed by atoms with Crippen molar-refractivity contribution in [3.8, 4) is 0 Å². The van der Waals surface area contributed by atoms with Gasteiger partial charge in [0, 0.05) is 24.3 Å². The number of Topliss-reactive ketones (excluding diaryl/α,β-unsaturated/α-hetero) is 1. The second-order valence-corrected chi connectivity index (χ2v) is 7.46. The van der Waals surface area contributed by atoms with E-state index in [-0.39, 0.29) is 22.9 Å². The molecule has 0 fully saturated rings. The maximum atomic E-state index is 12.8. The van der Waals surface area contributed by atoms with Gasteiger partial charge < -0.3 is 5.11 Å². The minimum absolute atomic E-state index is 0.0420. The molecule has 0 radical (unpaired) electrons. The van der Waals surface area contributed by atoms with Gasteiger partial charge in [-0.3, -0.25) is 4.79 Å². The number of hydrogen-bond acceptors (Lipinski definition) is 2. The fourth-order valence-corrected chi connectivity index (χ4v) is 3.46. The largest absolute Gasteiger partial charge is 0.512 e. The molecule has 2 heteroatoms. The molecule has 0 aliphatic heterocycles. The van der Waals surface area contributed by atoms with Gasteiger partial charge in [-0.2, -0.15) is 0 Å². The van der Waals surface area contributed by atoms with Crippen LogP contribution in [0.3, 0.4) is 0 Å². The first-order chi connectivity index (χ1) is 12.0. The zero-order valence-corrected chi connectivity index (χ0v) is 14.8. The third-order valence-corrected chi connectivity index (χ3v) is 4.65. The molecule has 0 saturated carbocycles.